The van der Waals surface area contributed by atoms with E-state index in [1.54, 1.807) is 0 Å². The predicted octanol–water partition coefficient (Wildman–Crippen LogP) is 2.95. The topological polar surface area (TPSA) is 15.3 Å². The molecule has 1 aromatic carbocycles. The van der Waals surface area contributed by atoms with Crippen LogP contribution in [0, 0.1) is 0 Å². The van der Waals surface area contributed by atoms with Crippen LogP contribution in [0.5, 0.6) is 0 Å². The lowest BCUT2D eigenvalue weighted by Gasteiger charge is -2.03. The quantitative estimate of drug-likeness (QED) is 0.815. The van der Waals surface area contributed by atoms with Gasteiger partial charge in [0.25, 0.3) is 0 Å². The summed E-state index contributed by atoms with van der Waals surface area (Å²) < 4.78 is 0. The largest absolute Gasteiger partial charge is 0.384 e. The minimum atomic E-state index is 0.782. The molecule has 0 aliphatic heterocycles. The number of anilines is 1. The Balaban J connectivity index is 0.000000364. The Bertz CT molecular complexity index is 246. The molecule has 0 bridgehead atoms. The second kappa shape index (κ2) is 7.65. The molecular formula is C11H19ClN2. The fraction of sp³-hybridized carbons (Fsp3) is 0.455. The van der Waals surface area contributed by atoms with Crippen LogP contribution < -0.4 is 5.32 Å². The highest BCUT2D eigenvalue weighted by atomic mass is 35.5. The fourth-order valence-electron chi connectivity index (χ4n) is 0.795. The highest BCUT2D eigenvalue weighted by molar-refractivity contribution is 6.33. The Kier molecular flexibility index (Phi) is 7.25. The maximum Gasteiger partial charge on any atom is 0.0637 e. The van der Waals surface area contributed by atoms with Crippen molar-refractivity contribution in [2.45, 2.75) is 6.92 Å². The molecule has 3 heteroatoms. The van der Waals surface area contributed by atoms with Crippen molar-refractivity contribution >= 4 is 17.3 Å². The van der Waals surface area contributed by atoms with Crippen molar-refractivity contribution in [3.05, 3.63) is 29.3 Å². The zero-order valence-electron chi connectivity index (χ0n) is 9.34. The van der Waals surface area contributed by atoms with Crippen molar-refractivity contribution in [1.29, 1.82) is 0 Å². The van der Waals surface area contributed by atoms with Gasteiger partial charge < -0.3 is 10.2 Å². The monoisotopic (exact) mass is 214 g/mol. The average Bonchev–Trinajstić information content (AvgIpc) is 2.08. The Labute approximate surface area is 91.9 Å². The van der Waals surface area contributed by atoms with Crippen LogP contribution in [-0.4, -0.2) is 32.6 Å². The maximum atomic E-state index is 5.84. The number of nitrogens with zero attached hydrogens (tertiary/aromatic N) is 1. The van der Waals surface area contributed by atoms with E-state index in [4.69, 9.17) is 11.6 Å². The molecule has 1 N–H and O–H groups in total. The molecule has 0 saturated carbocycles. The summed E-state index contributed by atoms with van der Waals surface area (Å²) in [6.45, 7) is 2.95. The Morgan fingerprint density at radius 1 is 1.21 bits per heavy atom. The summed E-state index contributed by atoms with van der Waals surface area (Å²) >= 11 is 5.84. The minimum absolute atomic E-state index is 0.782. The van der Waals surface area contributed by atoms with Gasteiger partial charge in [0.05, 0.1) is 10.7 Å². The molecule has 0 aromatic heterocycles. The van der Waals surface area contributed by atoms with Crippen molar-refractivity contribution in [3.8, 4) is 0 Å². The maximum absolute atomic E-state index is 5.84. The van der Waals surface area contributed by atoms with Gasteiger partial charge in [-0.2, -0.15) is 0 Å². The number of halogens is 1. The summed E-state index contributed by atoms with van der Waals surface area (Å²) in [5.74, 6) is 0. The third-order valence-electron chi connectivity index (χ3n) is 1.24. The molecule has 0 fully saturated rings. The smallest absolute Gasteiger partial charge is 0.0637 e. The molecule has 1 rings (SSSR count). The molecule has 0 atom stereocenters. The van der Waals surface area contributed by atoms with Crippen molar-refractivity contribution in [3.63, 3.8) is 0 Å². The van der Waals surface area contributed by atoms with Crippen LogP contribution in [0.4, 0.5) is 5.69 Å². The molecule has 0 heterocycles. The van der Waals surface area contributed by atoms with Crippen LogP contribution in [-0.2, 0) is 0 Å². The first kappa shape index (κ1) is 13.3. The van der Waals surface area contributed by atoms with E-state index in [1.165, 1.54) is 0 Å². The van der Waals surface area contributed by atoms with Gasteiger partial charge in [-0.3, -0.25) is 0 Å². The van der Waals surface area contributed by atoms with E-state index in [9.17, 15) is 0 Å². The van der Waals surface area contributed by atoms with E-state index in [0.29, 0.717) is 0 Å². The Morgan fingerprint density at radius 2 is 1.71 bits per heavy atom. The third kappa shape index (κ3) is 6.75. The SMILES string of the molecule is CCNc1ccccc1Cl.CN(C)C. The normalized spacial score (nSPS) is 9.29. The molecule has 2 nitrogen and oxygen atoms in total. The van der Waals surface area contributed by atoms with E-state index in [-0.39, 0.29) is 0 Å². The van der Waals surface area contributed by atoms with Gasteiger partial charge in [-0.25, -0.2) is 0 Å². The lowest BCUT2D eigenvalue weighted by molar-refractivity contribution is 0.505. The molecule has 0 amide bonds. The first-order valence-corrected chi connectivity index (χ1v) is 5.05. The summed E-state index contributed by atoms with van der Waals surface area (Å²) in [7, 11) is 6.00. The molecule has 0 spiro atoms. The first-order valence-electron chi connectivity index (χ1n) is 4.67. The molecule has 1 aromatic rings. The van der Waals surface area contributed by atoms with Crippen LogP contribution in [0.25, 0.3) is 0 Å². The fourth-order valence-corrected chi connectivity index (χ4v) is 0.998. The van der Waals surface area contributed by atoms with Gasteiger partial charge in [0.2, 0.25) is 0 Å². The third-order valence-corrected chi connectivity index (χ3v) is 1.57. The molecule has 80 valence electrons. The van der Waals surface area contributed by atoms with Gasteiger partial charge >= 0.3 is 0 Å². The molecule has 0 saturated heterocycles. The van der Waals surface area contributed by atoms with Crippen LogP contribution in [0.15, 0.2) is 24.3 Å². The van der Waals surface area contributed by atoms with Crippen LogP contribution in [0.2, 0.25) is 5.02 Å². The predicted molar refractivity (Wildman–Crippen MR) is 65.2 cm³/mol. The average molecular weight is 215 g/mol. The van der Waals surface area contributed by atoms with Gasteiger partial charge in [-0.05, 0) is 40.2 Å². The Morgan fingerprint density at radius 3 is 2.14 bits per heavy atom. The van der Waals surface area contributed by atoms with E-state index in [1.807, 2.05) is 57.2 Å². The molecule has 14 heavy (non-hydrogen) atoms. The van der Waals surface area contributed by atoms with Crippen LogP contribution >= 0.6 is 11.6 Å². The molecular weight excluding hydrogens is 196 g/mol. The number of hydrogen-bond donors (Lipinski definition) is 1. The first-order chi connectivity index (χ1) is 6.57. The second-order valence-corrected chi connectivity index (χ2v) is 3.76. The van der Waals surface area contributed by atoms with Crippen molar-refractivity contribution < 1.29 is 0 Å². The number of hydrogen-bond acceptors (Lipinski definition) is 2. The molecule has 0 aliphatic carbocycles. The second-order valence-electron chi connectivity index (χ2n) is 3.35. The summed E-state index contributed by atoms with van der Waals surface area (Å²) in [4.78, 5) is 2.00. The number of rotatable bonds is 2. The Hall–Kier alpha value is -0.730. The highest BCUT2D eigenvalue weighted by Crippen LogP contribution is 2.19. The van der Waals surface area contributed by atoms with E-state index in [0.717, 1.165) is 17.3 Å². The standard InChI is InChI=1S/C8H10ClN.C3H9N/c1-2-10-8-6-4-3-5-7(8)9;1-4(2)3/h3-6,10H,2H2,1H3;1-3H3. The number of benzene rings is 1. The van der Waals surface area contributed by atoms with Crippen molar-refractivity contribution in [2.24, 2.45) is 0 Å². The summed E-state index contributed by atoms with van der Waals surface area (Å²) in [6.07, 6.45) is 0. The summed E-state index contributed by atoms with van der Waals surface area (Å²) in [5, 5.41) is 3.93. The summed E-state index contributed by atoms with van der Waals surface area (Å²) in [6, 6.07) is 7.72. The zero-order valence-corrected chi connectivity index (χ0v) is 10.1. The van der Waals surface area contributed by atoms with Gasteiger partial charge in [-0.15, -0.1) is 0 Å². The minimum Gasteiger partial charge on any atom is -0.384 e. The molecule has 0 aliphatic rings. The van der Waals surface area contributed by atoms with Crippen molar-refractivity contribution in [1.82, 2.24) is 4.90 Å². The van der Waals surface area contributed by atoms with Gasteiger partial charge in [0.15, 0.2) is 0 Å². The summed E-state index contributed by atoms with van der Waals surface area (Å²) in [5.41, 5.74) is 1.01. The van der Waals surface area contributed by atoms with Crippen molar-refractivity contribution in [2.75, 3.05) is 33.0 Å². The van der Waals surface area contributed by atoms with E-state index < -0.39 is 0 Å². The lowest BCUT2D eigenvalue weighted by atomic mass is 10.3. The van der Waals surface area contributed by atoms with Gasteiger partial charge in [0, 0.05) is 6.54 Å². The van der Waals surface area contributed by atoms with Crippen LogP contribution in [0.3, 0.4) is 0 Å². The number of para-hydroxylation sites is 1. The van der Waals surface area contributed by atoms with Gasteiger partial charge in [-0.1, -0.05) is 23.7 Å². The lowest BCUT2D eigenvalue weighted by Crippen LogP contribution is -1.99. The van der Waals surface area contributed by atoms with Gasteiger partial charge in [0.1, 0.15) is 0 Å². The zero-order chi connectivity index (χ0) is 11.0. The number of nitrogens with one attached hydrogen (secondary N) is 1. The molecule has 0 radical (unpaired) electrons. The van der Waals surface area contributed by atoms with Crippen LogP contribution in [0.1, 0.15) is 6.92 Å². The molecule has 0 unspecified atom stereocenters. The highest BCUT2D eigenvalue weighted by Gasteiger charge is 1.93. The van der Waals surface area contributed by atoms with E-state index >= 15 is 0 Å². The van der Waals surface area contributed by atoms with E-state index in [2.05, 4.69) is 5.32 Å².